The Bertz CT molecular complexity index is 1610. The van der Waals surface area contributed by atoms with Crippen molar-refractivity contribution in [2.45, 2.75) is 0 Å². The number of rotatable bonds is 4. The summed E-state index contributed by atoms with van der Waals surface area (Å²) in [5.74, 6) is 1.80. The summed E-state index contributed by atoms with van der Waals surface area (Å²) in [7, 11) is 1.63. The Kier molecular flexibility index (Phi) is 4.22. The number of hydrogen-bond donors (Lipinski definition) is 2. The fraction of sp³-hybridized carbons (Fsp3) is 0.0435. The molecule has 6 aromatic rings. The number of anilines is 1. The number of nitrogens with zero attached hydrogens (tertiary/aromatic N) is 7. The molecule has 0 amide bonds. The summed E-state index contributed by atoms with van der Waals surface area (Å²) in [5.41, 5.74) is 10.6. The van der Waals surface area contributed by atoms with Crippen molar-refractivity contribution in [3.05, 3.63) is 66.7 Å². The van der Waals surface area contributed by atoms with E-state index < -0.39 is 0 Å². The predicted molar refractivity (Wildman–Crippen MR) is 123 cm³/mol. The zero-order valence-electron chi connectivity index (χ0n) is 17.5. The standard InChI is InChI=1S/C23H17N9O/c1-33-14-11-9-13(10-12-14)22-27-28-23-16-6-3-2-5-15(16)20(29-32(22)23)19-17(7-4-8-18(19)24)21-25-30-31-26-21/h2-12H,24H2,1H3,(H,25,26,30,31). The first kappa shape index (κ1) is 18.9. The summed E-state index contributed by atoms with van der Waals surface area (Å²) in [6.07, 6.45) is 0. The number of nitrogens with two attached hydrogens (primary N) is 1. The molecule has 0 saturated carbocycles. The summed E-state index contributed by atoms with van der Waals surface area (Å²) in [4.78, 5) is 0. The van der Waals surface area contributed by atoms with Gasteiger partial charge >= 0.3 is 0 Å². The van der Waals surface area contributed by atoms with E-state index >= 15 is 0 Å². The van der Waals surface area contributed by atoms with Crippen LogP contribution in [0.15, 0.2) is 66.7 Å². The molecule has 6 rings (SSSR count). The number of nitrogens with one attached hydrogen (secondary N) is 1. The minimum absolute atomic E-state index is 0.433. The highest BCUT2D eigenvalue weighted by atomic mass is 16.5. The van der Waals surface area contributed by atoms with Crippen LogP contribution in [-0.2, 0) is 0 Å². The molecule has 0 aliphatic rings. The van der Waals surface area contributed by atoms with Crippen molar-refractivity contribution < 1.29 is 4.74 Å². The molecule has 3 N–H and O–H groups in total. The zero-order valence-corrected chi connectivity index (χ0v) is 17.5. The molecule has 0 spiro atoms. The van der Waals surface area contributed by atoms with E-state index in [-0.39, 0.29) is 0 Å². The lowest BCUT2D eigenvalue weighted by atomic mass is 9.98. The normalized spacial score (nSPS) is 11.3. The number of aromatic amines is 1. The van der Waals surface area contributed by atoms with E-state index in [9.17, 15) is 0 Å². The Morgan fingerprint density at radius 3 is 2.45 bits per heavy atom. The van der Waals surface area contributed by atoms with Crippen LogP contribution in [0.25, 0.3) is 50.5 Å². The molecule has 3 aromatic heterocycles. The minimum atomic E-state index is 0.433. The molecule has 10 nitrogen and oxygen atoms in total. The highest BCUT2D eigenvalue weighted by Gasteiger charge is 2.21. The third-order valence-corrected chi connectivity index (χ3v) is 5.53. The zero-order chi connectivity index (χ0) is 22.4. The summed E-state index contributed by atoms with van der Waals surface area (Å²) < 4.78 is 7.02. The molecule has 0 radical (unpaired) electrons. The molecular formula is C23H17N9O. The minimum Gasteiger partial charge on any atom is -0.497 e. The molecule has 3 heterocycles. The lowest BCUT2D eigenvalue weighted by molar-refractivity contribution is 0.415. The average Bonchev–Trinajstić information content (AvgIpc) is 3.54. The van der Waals surface area contributed by atoms with Gasteiger partial charge in [0.15, 0.2) is 11.5 Å². The van der Waals surface area contributed by atoms with Crippen molar-refractivity contribution >= 4 is 22.1 Å². The van der Waals surface area contributed by atoms with Crippen molar-refractivity contribution in [2.24, 2.45) is 0 Å². The summed E-state index contributed by atoms with van der Waals surface area (Å²) in [5, 5.41) is 30.2. The lowest BCUT2D eigenvalue weighted by Gasteiger charge is -2.13. The van der Waals surface area contributed by atoms with E-state index in [0.29, 0.717) is 34.2 Å². The average molecular weight is 435 g/mol. The van der Waals surface area contributed by atoms with Gasteiger partial charge < -0.3 is 10.5 Å². The SMILES string of the molecule is COc1ccc(-c2nnc3c4ccccc4c(-c4c(N)cccc4-c4nn[nH]n4)nn23)cc1. The Hall–Kier alpha value is -4.86. The molecule has 0 fully saturated rings. The maximum atomic E-state index is 6.47. The van der Waals surface area contributed by atoms with Crippen LogP contribution in [0.4, 0.5) is 5.69 Å². The van der Waals surface area contributed by atoms with Crippen LogP contribution in [0.5, 0.6) is 5.75 Å². The number of benzene rings is 3. The summed E-state index contributed by atoms with van der Waals surface area (Å²) in [6, 6.07) is 21.1. The molecule has 0 aliphatic heterocycles. The maximum absolute atomic E-state index is 6.47. The quantitative estimate of drug-likeness (QED) is 0.403. The third kappa shape index (κ3) is 2.96. The molecule has 3 aromatic carbocycles. The third-order valence-electron chi connectivity index (χ3n) is 5.53. The van der Waals surface area contributed by atoms with Gasteiger partial charge in [0.1, 0.15) is 11.4 Å². The number of tetrazole rings is 1. The molecule has 0 unspecified atom stereocenters. The fourth-order valence-electron chi connectivity index (χ4n) is 3.98. The molecular weight excluding hydrogens is 418 g/mol. The molecule has 33 heavy (non-hydrogen) atoms. The Morgan fingerprint density at radius 2 is 1.70 bits per heavy atom. The second-order valence-corrected chi connectivity index (χ2v) is 7.39. The van der Waals surface area contributed by atoms with Crippen LogP contribution in [0.1, 0.15) is 0 Å². The van der Waals surface area contributed by atoms with Gasteiger partial charge in [0.2, 0.25) is 5.82 Å². The number of methoxy groups -OCH3 is 1. The van der Waals surface area contributed by atoms with Gasteiger partial charge in [0.05, 0.1) is 7.11 Å². The van der Waals surface area contributed by atoms with Gasteiger partial charge in [-0.15, -0.1) is 20.4 Å². The second-order valence-electron chi connectivity index (χ2n) is 7.39. The van der Waals surface area contributed by atoms with Crippen molar-refractivity contribution in [3.8, 4) is 39.8 Å². The van der Waals surface area contributed by atoms with Crippen LogP contribution >= 0.6 is 0 Å². The van der Waals surface area contributed by atoms with E-state index in [2.05, 4.69) is 30.8 Å². The molecule has 0 aliphatic carbocycles. The van der Waals surface area contributed by atoms with Crippen molar-refractivity contribution in [1.29, 1.82) is 0 Å². The summed E-state index contributed by atoms with van der Waals surface area (Å²) in [6.45, 7) is 0. The first-order valence-corrected chi connectivity index (χ1v) is 10.2. The van der Waals surface area contributed by atoms with Crippen LogP contribution in [0.2, 0.25) is 0 Å². The first-order valence-electron chi connectivity index (χ1n) is 10.2. The van der Waals surface area contributed by atoms with Gasteiger partial charge in [-0.1, -0.05) is 36.4 Å². The van der Waals surface area contributed by atoms with E-state index in [1.54, 1.807) is 11.6 Å². The van der Waals surface area contributed by atoms with E-state index in [1.165, 1.54) is 0 Å². The van der Waals surface area contributed by atoms with Crippen molar-refractivity contribution in [1.82, 2.24) is 40.4 Å². The van der Waals surface area contributed by atoms with E-state index in [1.807, 2.05) is 66.7 Å². The van der Waals surface area contributed by atoms with E-state index in [0.717, 1.165) is 27.6 Å². The number of nitrogen functional groups attached to an aromatic ring is 1. The highest BCUT2D eigenvalue weighted by Crippen LogP contribution is 2.38. The van der Waals surface area contributed by atoms with Crippen LogP contribution in [-0.4, -0.2) is 47.5 Å². The van der Waals surface area contributed by atoms with Gasteiger partial charge in [-0.05, 0) is 35.5 Å². The van der Waals surface area contributed by atoms with Gasteiger partial charge in [0, 0.05) is 33.2 Å². The molecule has 0 bridgehead atoms. The fourth-order valence-corrected chi connectivity index (χ4v) is 3.98. The second kappa shape index (κ2) is 7.38. The number of fused-ring (bicyclic) bond motifs is 3. The number of H-pyrrole nitrogens is 1. The lowest BCUT2D eigenvalue weighted by Crippen LogP contribution is -2.03. The molecule has 10 heteroatoms. The molecule has 0 atom stereocenters. The number of ether oxygens (including phenoxy) is 1. The van der Waals surface area contributed by atoms with E-state index in [4.69, 9.17) is 15.6 Å². The largest absolute Gasteiger partial charge is 0.497 e. The van der Waals surface area contributed by atoms with Crippen molar-refractivity contribution in [2.75, 3.05) is 12.8 Å². The highest BCUT2D eigenvalue weighted by molar-refractivity contribution is 6.05. The number of aromatic nitrogens is 8. The van der Waals surface area contributed by atoms with Crippen LogP contribution < -0.4 is 10.5 Å². The van der Waals surface area contributed by atoms with Crippen LogP contribution in [0, 0.1) is 0 Å². The first-order chi connectivity index (χ1) is 16.2. The maximum Gasteiger partial charge on any atom is 0.205 e. The van der Waals surface area contributed by atoms with Gasteiger partial charge in [-0.3, -0.25) is 0 Å². The predicted octanol–water partition coefficient (Wildman–Crippen LogP) is 3.38. The Morgan fingerprint density at radius 1 is 0.879 bits per heavy atom. The Balaban J connectivity index is 1.68. The molecule has 0 saturated heterocycles. The number of hydrogen-bond acceptors (Lipinski definition) is 8. The van der Waals surface area contributed by atoms with Crippen molar-refractivity contribution in [3.63, 3.8) is 0 Å². The Labute approximate surface area is 187 Å². The summed E-state index contributed by atoms with van der Waals surface area (Å²) >= 11 is 0. The van der Waals surface area contributed by atoms with Gasteiger partial charge in [-0.2, -0.15) is 14.8 Å². The van der Waals surface area contributed by atoms with Crippen LogP contribution in [0.3, 0.4) is 0 Å². The smallest absolute Gasteiger partial charge is 0.205 e. The topological polar surface area (TPSA) is 133 Å². The van der Waals surface area contributed by atoms with Gasteiger partial charge in [0.25, 0.3) is 0 Å². The monoisotopic (exact) mass is 435 g/mol. The van der Waals surface area contributed by atoms with Gasteiger partial charge in [-0.25, -0.2) is 0 Å². The molecule has 160 valence electrons.